The summed E-state index contributed by atoms with van der Waals surface area (Å²) >= 11 is 1.62. The van der Waals surface area contributed by atoms with Gasteiger partial charge in [0.15, 0.2) is 0 Å². The minimum atomic E-state index is -0.698. The molecule has 1 atom stereocenters. The molecule has 90 valence electrons. The average Bonchev–Trinajstić information content (AvgIpc) is 2.71. The van der Waals surface area contributed by atoms with Crippen molar-refractivity contribution in [2.24, 2.45) is 5.73 Å². The highest BCUT2D eigenvalue weighted by Gasteiger charge is 2.20. The zero-order valence-electron chi connectivity index (χ0n) is 9.90. The second-order valence-corrected chi connectivity index (χ2v) is 4.75. The monoisotopic (exact) mass is 249 g/mol. The Hall–Kier alpha value is -1.39. The molecular formula is C13H15NO2S. The number of thiophene rings is 1. The standard InChI is InChI=1S/C13H15NO2S/c1-3-16-13(15)11(14)10-6-4-5-9-8(2)7-17-12(9)10/h4-7,11H,3,14H2,1-2H3/t11-/m0/s1. The SMILES string of the molecule is CCOC(=O)[C@@H](N)c1cccc2c(C)csc12. The molecule has 0 bridgehead atoms. The first-order valence-corrected chi connectivity index (χ1v) is 6.42. The summed E-state index contributed by atoms with van der Waals surface area (Å²) in [6.45, 7) is 4.19. The van der Waals surface area contributed by atoms with Crippen LogP contribution in [0.3, 0.4) is 0 Å². The quantitative estimate of drug-likeness (QED) is 0.851. The molecule has 0 aliphatic carbocycles. The number of carbonyl (C=O) groups is 1. The number of carbonyl (C=O) groups excluding carboxylic acids is 1. The van der Waals surface area contributed by atoms with Gasteiger partial charge in [0.2, 0.25) is 0 Å². The smallest absolute Gasteiger partial charge is 0.327 e. The first kappa shape index (κ1) is 12.1. The average molecular weight is 249 g/mol. The molecule has 1 aromatic carbocycles. The van der Waals surface area contributed by atoms with Gasteiger partial charge in [-0.3, -0.25) is 0 Å². The van der Waals surface area contributed by atoms with Crippen molar-refractivity contribution in [3.05, 3.63) is 34.7 Å². The topological polar surface area (TPSA) is 52.3 Å². The number of benzene rings is 1. The van der Waals surface area contributed by atoms with Crippen LogP contribution >= 0.6 is 11.3 Å². The third kappa shape index (κ3) is 2.18. The van der Waals surface area contributed by atoms with E-state index >= 15 is 0 Å². The van der Waals surface area contributed by atoms with Crippen LogP contribution in [0.4, 0.5) is 0 Å². The fourth-order valence-corrected chi connectivity index (χ4v) is 2.92. The second-order valence-electron chi connectivity index (χ2n) is 3.87. The van der Waals surface area contributed by atoms with Crippen molar-refractivity contribution in [3.8, 4) is 0 Å². The molecule has 0 unspecified atom stereocenters. The van der Waals surface area contributed by atoms with Gasteiger partial charge in [-0.2, -0.15) is 0 Å². The van der Waals surface area contributed by atoms with Crippen LogP contribution in [0.2, 0.25) is 0 Å². The lowest BCUT2D eigenvalue weighted by Gasteiger charge is -2.11. The molecule has 0 aliphatic rings. The Kier molecular flexibility index (Phi) is 3.45. The zero-order valence-corrected chi connectivity index (χ0v) is 10.7. The van der Waals surface area contributed by atoms with Crippen LogP contribution in [0.5, 0.6) is 0 Å². The lowest BCUT2D eigenvalue weighted by molar-refractivity contribution is -0.144. The van der Waals surface area contributed by atoms with Gasteiger partial charge >= 0.3 is 5.97 Å². The molecule has 2 N–H and O–H groups in total. The lowest BCUT2D eigenvalue weighted by Crippen LogP contribution is -2.23. The number of hydrogen-bond acceptors (Lipinski definition) is 4. The third-order valence-electron chi connectivity index (χ3n) is 2.70. The van der Waals surface area contributed by atoms with Crippen molar-refractivity contribution in [1.29, 1.82) is 0 Å². The molecule has 0 spiro atoms. The van der Waals surface area contributed by atoms with Crippen LogP contribution in [0.1, 0.15) is 24.1 Å². The van der Waals surface area contributed by atoms with Crippen LogP contribution in [-0.2, 0) is 9.53 Å². The van der Waals surface area contributed by atoms with E-state index in [1.54, 1.807) is 18.3 Å². The molecule has 0 amide bonds. The molecule has 3 nitrogen and oxygen atoms in total. The fraction of sp³-hybridized carbons (Fsp3) is 0.308. The molecule has 1 heterocycles. The molecule has 0 saturated heterocycles. The Balaban J connectivity index is 2.45. The van der Waals surface area contributed by atoms with E-state index in [-0.39, 0.29) is 5.97 Å². The van der Waals surface area contributed by atoms with Gasteiger partial charge in [0.1, 0.15) is 6.04 Å². The van der Waals surface area contributed by atoms with Gasteiger partial charge in [-0.15, -0.1) is 11.3 Å². The van der Waals surface area contributed by atoms with E-state index < -0.39 is 6.04 Å². The van der Waals surface area contributed by atoms with E-state index in [2.05, 4.69) is 12.3 Å². The third-order valence-corrected chi connectivity index (χ3v) is 3.86. The summed E-state index contributed by atoms with van der Waals surface area (Å²) in [7, 11) is 0. The Morgan fingerprint density at radius 3 is 3.00 bits per heavy atom. The summed E-state index contributed by atoms with van der Waals surface area (Å²) in [6, 6.07) is 5.16. The highest BCUT2D eigenvalue weighted by molar-refractivity contribution is 7.17. The van der Waals surface area contributed by atoms with E-state index in [4.69, 9.17) is 10.5 Å². The first-order valence-electron chi connectivity index (χ1n) is 5.54. The van der Waals surface area contributed by atoms with Crippen molar-refractivity contribution in [2.45, 2.75) is 19.9 Å². The molecule has 17 heavy (non-hydrogen) atoms. The van der Waals surface area contributed by atoms with Crippen LogP contribution in [-0.4, -0.2) is 12.6 Å². The van der Waals surface area contributed by atoms with E-state index in [1.165, 1.54) is 5.56 Å². The molecule has 0 radical (unpaired) electrons. The predicted octanol–water partition coefficient (Wildman–Crippen LogP) is 2.77. The number of nitrogens with two attached hydrogens (primary N) is 1. The van der Waals surface area contributed by atoms with E-state index in [1.807, 2.05) is 18.2 Å². The molecule has 1 aromatic heterocycles. The van der Waals surface area contributed by atoms with Crippen molar-refractivity contribution in [1.82, 2.24) is 0 Å². The number of fused-ring (bicyclic) bond motifs is 1. The van der Waals surface area contributed by atoms with Gasteiger partial charge in [0.05, 0.1) is 6.61 Å². The van der Waals surface area contributed by atoms with Gasteiger partial charge in [0, 0.05) is 4.70 Å². The highest BCUT2D eigenvalue weighted by atomic mass is 32.1. The molecule has 2 rings (SSSR count). The highest BCUT2D eigenvalue weighted by Crippen LogP contribution is 2.31. The van der Waals surface area contributed by atoms with Crippen molar-refractivity contribution in [2.75, 3.05) is 6.61 Å². The van der Waals surface area contributed by atoms with Crippen LogP contribution in [0.15, 0.2) is 23.6 Å². The Bertz CT molecular complexity index is 547. The van der Waals surface area contributed by atoms with Crippen LogP contribution < -0.4 is 5.73 Å². The van der Waals surface area contributed by atoms with Crippen molar-refractivity contribution >= 4 is 27.4 Å². The van der Waals surface area contributed by atoms with Gasteiger partial charge in [0.25, 0.3) is 0 Å². The normalized spacial score (nSPS) is 12.6. The van der Waals surface area contributed by atoms with Gasteiger partial charge in [-0.05, 0) is 35.7 Å². The van der Waals surface area contributed by atoms with Crippen LogP contribution in [0.25, 0.3) is 10.1 Å². The van der Waals surface area contributed by atoms with Gasteiger partial charge in [-0.25, -0.2) is 4.79 Å². The first-order chi connectivity index (χ1) is 8.15. The van der Waals surface area contributed by atoms with E-state index in [0.29, 0.717) is 6.61 Å². The number of rotatable bonds is 3. The minimum Gasteiger partial charge on any atom is -0.465 e. The zero-order chi connectivity index (χ0) is 12.4. The molecule has 2 aromatic rings. The molecule has 0 fully saturated rings. The summed E-state index contributed by atoms with van der Waals surface area (Å²) < 4.78 is 6.03. The van der Waals surface area contributed by atoms with Crippen molar-refractivity contribution in [3.63, 3.8) is 0 Å². The number of hydrogen-bond donors (Lipinski definition) is 1. The summed E-state index contributed by atoms with van der Waals surface area (Å²) in [6.07, 6.45) is 0. The van der Waals surface area contributed by atoms with E-state index in [0.717, 1.165) is 15.6 Å². The van der Waals surface area contributed by atoms with Crippen LogP contribution in [0, 0.1) is 6.92 Å². The maximum Gasteiger partial charge on any atom is 0.327 e. The summed E-state index contributed by atoms with van der Waals surface area (Å²) in [5.74, 6) is -0.369. The predicted molar refractivity (Wildman–Crippen MR) is 70.1 cm³/mol. The summed E-state index contributed by atoms with van der Waals surface area (Å²) in [4.78, 5) is 11.7. The summed E-state index contributed by atoms with van der Waals surface area (Å²) in [5.41, 5.74) is 7.99. The largest absolute Gasteiger partial charge is 0.465 e. The minimum absolute atomic E-state index is 0.353. The fourth-order valence-electron chi connectivity index (χ4n) is 1.81. The van der Waals surface area contributed by atoms with Crippen molar-refractivity contribution < 1.29 is 9.53 Å². The Morgan fingerprint density at radius 1 is 1.53 bits per heavy atom. The molecular weight excluding hydrogens is 234 g/mol. The number of aryl methyl sites for hydroxylation is 1. The van der Waals surface area contributed by atoms with E-state index in [9.17, 15) is 4.79 Å². The Morgan fingerprint density at radius 2 is 2.29 bits per heavy atom. The van der Waals surface area contributed by atoms with Gasteiger partial charge in [-0.1, -0.05) is 18.2 Å². The molecule has 0 aliphatic heterocycles. The Labute approximate surface area is 104 Å². The molecule has 0 saturated carbocycles. The summed E-state index contributed by atoms with van der Waals surface area (Å²) in [5, 5.41) is 3.23. The maximum absolute atomic E-state index is 11.7. The maximum atomic E-state index is 11.7. The molecule has 4 heteroatoms. The lowest BCUT2D eigenvalue weighted by atomic mass is 10.0. The van der Waals surface area contributed by atoms with Gasteiger partial charge < -0.3 is 10.5 Å². The number of esters is 1. The number of ether oxygens (including phenoxy) is 1. The second kappa shape index (κ2) is 4.85.